The highest BCUT2D eigenvalue weighted by Crippen LogP contribution is 2.23. The van der Waals surface area contributed by atoms with Crippen LogP contribution in [0.2, 0.25) is 0 Å². The molecule has 0 aromatic heterocycles. The first-order valence-corrected chi connectivity index (χ1v) is 7.22. The third kappa shape index (κ3) is 11.4. The van der Waals surface area contributed by atoms with Gasteiger partial charge in [0.05, 0.1) is 26.7 Å². The molecule has 0 aromatic carbocycles. The SMILES string of the molecule is CCCC[N+]1(C)CCCC1.Cl[B-](Cl)(Cl)Cl. The lowest BCUT2D eigenvalue weighted by atomic mass is 10.3. The van der Waals surface area contributed by atoms with E-state index in [2.05, 4.69) is 14.0 Å². The fourth-order valence-electron chi connectivity index (χ4n) is 1.86. The lowest BCUT2D eigenvalue weighted by Crippen LogP contribution is -2.41. The molecule has 0 aromatic rings. The molecule has 15 heavy (non-hydrogen) atoms. The zero-order valence-corrected chi connectivity index (χ0v) is 12.5. The molecule has 1 aliphatic heterocycles. The molecule has 1 heterocycles. The molecular formula is C9H20BCl4N. The van der Waals surface area contributed by atoms with Crippen molar-refractivity contribution < 1.29 is 4.48 Å². The van der Waals surface area contributed by atoms with Gasteiger partial charge in [0, 0.05) is 12.8 Å². The number of hydrogen-bond acceptors (Lipinski definition) is 0. The summed E-state index contributed by atoms with van der Waals surface area (Å²) in [5, 5.41) is 0. The highest BCUT2D eigenvalue weighted by Gasteiger charge is 2.25. The zero-order chi connectivity index (χ0) is 11.9. The summed E-state index contributed by atoms with van der Waals surface area (Å²) < 4.78 is -0.756. The Morgan fingerprint density at radius 3 is 1.80 bits per heavy atom. The van der Waals surface area contributed by atoms with Gasteiger partial charge in [-0.25, -0.2) is 0 Å². The van der Waals surface area contributed by atoms with Crippen LogP contribution in [-0.4, -0.2) is 35.0 Å². The van der Waals surface area contributed by atoms with Crippen molar-refractivity contribution in [3.8, 4) is 0 Å². The lowest BCUT2D eigenvalue weighted by molar-refractivity contribution is -0.897. The average molecular weight is 295 g/mol. The van der Waals surface area contributed by atoms with E-state index in [4.69, 9.17) is 45.8 Å². The molecule has 0 aliphatic carbocycles. The largest absolute Gasteiger partial charge is 0.332 e. The maximum atomic E-state index is 4.89. The summed E-state index contributed by atoms with van der Waals surface area (Å²) in [6, 6.07) is 0. The van der Waals surface area contributed by atoms with Crippen LogP contribution in [0.1, 0.15) is 32.6 Å². The van der Waals surface area contributed by atoms with Crippen molar-refractivity contribution >= 4 is 49.6 Å². The Bertz CT molecular complexity index is 160. The van der Waals surface area contributed by atoms with Crippen LogP contribution >= 0.6 is 45.8 Å². The van der Waals surface area contributed by atoms with Crippen molar-refractivity contribution in [3.63, 3.8) is 0 Å². The van der Waals surface area contributed by atoms with E-state index in [0.29, 0.717) is 0 Å². The van der Waals surface area contributed by atoms with Crippen molar-refractivity contribution in [2.75, 3.05) is 26.7 Å². The highest BCUT2D eigenvalue weighted by molar-refractivity contribution is 7.81. The molecule has 1 fully saturated rings. The minimum absolute atomic E-state index is 1.36. The normalized spacial score (nSPS) is 19.6. The molecule has 1 nitrogen and oxygen atoms in total. The Labute approximate surface area is 113 Å². The summed E-state index contributed by atoms with van der Waals surface area (Å²) in [7, 11) is 2.41. The molecule has 1 saturated heterocycles. The van der Waals surface area contributed by atoms with Gasteiger partial charge in [0.2, 0.25) is 0 Å². The van der Waals surface area contributed by atoms with E-state index in [1.54, 1.807) is 0 Å². The molecule has 0 spiro atoms. The van der Waals surface area contributed by atoms with Gasteiger partial charge in [0.1, 0.15) is 0 Å². The number of likely N-dealkylation sites (tertiary alicyclic amines) is 1. The van der Waals surface area contributed by atoms with E-state index < -0.39 is 3.81 Å². The van der Waals surface area contributed by atoms with Crippen LogP contribution in [0.25, 0.3) is 0 Å². The standard InChI is InChI=1S/C9H20N.BCl4/c1-3-4-7-10(2)8-5-6-9-10;2-1(3,4)5/h3-9H2,1-2H3;/q+1;-1. The number of unbranched alkanes of at least 4 members (excludes halogenated alkanes) is 1. The predicted octanol–water partition coefficient (Wildman–Crippen LogP) is 4.40. The highest BCUT2D eigenvalue weighted by atomic mass is 35.6. The molecular weight excluding hydrogens is 275 g/mol. The maximum Gasteiger partial charge on any atom is 0.328 e. The summed E-state index contributed by atoms with van der Waals surface area (Å²) >= 11 is 19.6. The van der Waals surface area contributed by atoms with Crippen LogP contribution in [0.5, 0.6) is 0 Å². The first kappa shape index (κ1) is 16.2. The Morgan fingerprint density at radius 1 is 1.07 bits per heavy atom. The van der Waals surface area contributed by atoms with E-state index in [9.17, 15) is 0 Å². The Hall–Kier alpha value is 1.18. The topological polar surface area (TPSA) is 0 Å². The molecule has 0 saturated carbocycles. The van der Waals surface area contributed by atoms with Gasteiger partial charge >= 0.3 is 3.81 Å². The van der Waals surface area contributed by atoms with Gasteiger partial charge in [-0.2, -0.15) is 0 Å². The van der Waals surface area contributed by atoms with Gasteiger partial charge in [-0.15, -0.1) is 0 Å². The smallest absolute Gasteiger partial charge is 0.328 e. The molecule has 0 N–H and O–H groups in total. The fourth-order valence-corrected chi connectivity index (χ4v) is 1.86. The number of rotatable bonds is 3. The van der Waals surface area contributed by atoms with Crippen LogP contribution < -0.4 is 0 Å². The summed E-state index contributed by atoms with van der Waals surface area (Å²) in [5.74, 6) is 0. The van der Waals surface area contributed by atoms with Gasteiger partial charge in [-0.1, -0.05) is 13.3 Å². The summed E-state index contributed by atoms with van der Waals surface area (Å²) in [6.45, 7) is 6.55. The number of nitrogens with zero attached hydrogens (tertiary/aromatic N) is 1. The van der Waals surface area contributed by atoms with Crippen LogP contribution in [0.4, 0.5) is 0 Å². The maximum absolute atomic E-state index is 4.89. The van der Waals surface area contributed by atoms with Crippen molar-refractivity contribution in [2.45, 2.75) is 32.6 Å². The van der Waals surface area contributed by atoms with Crippen LogP contribution in [0.15, 0.2) is 0 Å². The van der Waals surface area contributed by atoms with Crippen LogP contribution in [0.3, 0.4) is 0 Å². The van der Waals surface area contributed by atoms with Crippen molar-refractivity contribution in [1.29, 1.82) is 0 Å². The molecule has 1 aliphatic rings. The monoisotopic (exact) mass is 293 g/mol. The molecule has 6 heteroatoms. The Kier molecular flexibility index (Phi) is 8.09. The second kappa shape index (κ2) is 7.50. The third-order valence-corrected chi connectivity index (χ3v) is 2.70. The zero-order valence-electron chi connectivity index (χ0n) is 9.49. The van der Waals surface area contributed by atoms with E-state index in [-0.39, 0.29) is 0 Å². The van der Waals surface area contributed by atoms with Crippen LogP contribution in [0, 0.1) is 0 Å². The molecule has 1 rings (SSSR count). The van der Waals surface area contributed by atoms with Gasteiger partial charge in [-0.05, 0) is 6.42 Å². The van der Waals surface area contributed by atoms with Crippen molar-refractivity contribution in [1.82, 2.24) is 0 Å². The fraction of sp³-hybridized carbons (Fsp3) is 1.00. The van der Waals surface area contributed by atoms with Crippen molar-refractivity contribution in [2.24, 2.45) is 0 Å². The number of halogens is 4. The quantitative estimate of drug-likeness (QED) is 0.534. The van der Waals surface area contributed by atoms with E-state index in [1.165, 1.54) is 49.8 Å². The minimum Gasteiger partial charge on any atom is -0.332 e. The molecule has 92 valence electrons. The second-order valence-corrected chi connectivity index (χ2v) is 8.30. The van der Waals surface area contributed by atoms with E-state index >= 15 is 0 Å². The predicted molar refractivity (Wildman–Crippen MR) is 74.1 cm³/mol. The summed E-state index contributed by atoms with van der Waals surface area (Å²) in [4.78, 5) is 0. The molecule has 0 radical (unpaired) electrons. The number of hydrogen-bond donors (Lipinski definition) is 0. The molecule has 0 amide bonds. The van der Waals surface area contributed by atoms with Crippen LogP contribution in [-0.2, 0) is 0 Å². The molecule has 0 unspecified atom stereocenters. The van der Waals surface area contributed by atoms with Gasteiger partial charge < -0.3 is 50.3 Å². The van der Waals surface area contributed by atoms with Gasteiger partial charge in [0.25, 0.3) is 0 Å². The summed E-state index contributed by atoms with van der Waals surface area (Å²) in [5.41, 5.74) is 0. The Balaban J connectivity index is 0.000000336. The van der Waals surface area contributed by atoms with Gasteiger partial charge in [0.15, 0.2) is 0 Å². The number of quaternary nitrogens is 1. The molecule has 0 bridgehead atoms. The second-order valence-electron chi connectivity index (χ2n) is 4.35. The van der Waals surface area contributed by atoms with Gasteiger partial charge in [-0.3, -0.25) is 0 Å². The van der Waals surface area contributed by atoms with Crippen molar-refractivity contribution in [3.05, 3.63) is 0 Å². The first-order valence-electron chi connectivity index (χ1n) is 5.48. The van der Waals surface area contributed by atoms with E-state index in [1.807, 2.05) is 0 Å². The third-order valence-electron chi connectivity index (χ3n) is 2.70. The first-order chi connectivity index (χ1) is 6.77. The minimum atomic E-state index is -2.11. The average Bonchev–Trinajstić information content (AvgIpc) is 2.46. The Morgan fingerprint density at radius 2 is 1.47 bits per heavy atom. The molecule has 0 atom stereocenters. The lowest BCUT2D eigenvalue weighted by Gasteiger charge is -2.28. The van der Waals surface area contributed by atoms with E-state index in [0.717, 1.165) is 0 Å². The summed E-state index contributed by atoms with van der Waals surface area (Å²) in [6.07, 6.45) is 5.69.